The van der Waals surface area contributed by atoms with Crippen LogP contribution in [0.3, 0.4) is 0 Å². The molecule has 1 aliphatic heterocycles. The number of rotatable bonds is 4. The van der Waals surface area contributed by atoms with Gasteiger partial charge in [-0.25, -0.2) is 4.79 Å². The van der Waals surface area contributed by atoms with Crippen molar-refractivity contribution in [2.24, 2.45) is 0 Å². The molecular formula is C22H21NO5. The average molecular weight is 379 g/mol. The van der Waals surface area contributed by atoms with E-state index in [0.29, 0.717) is 22.3 Å². The number of phenols is 1. The zero-order chi connectivity index (χ0) is 20.5. The second kappa shape index (κ2) is 7.31. The molecule has 6 heteroatoms. The molecule has 2 amide bonds. The van der Waals surface area contributed by atoms with Crippen LogP contribution in [0.2, 0.25) is 0 Å². The van der Waals surface area contributed by atoms with Crippen molar-refractivity contribution in [3.63, 3.8) is 0 Å². The van der Waals surface area contributed by atoms with Crippen LogP contribution in [-0.2, 0) is 16.1 Å². The number of hydrogen-bond acceptors (Lipinski definition) is 5. The SMILES string of the molecule is CC(C)(C)OC(=O)/C=C/c1ccc(O)cc1CN1C(=O)c2ccccc2C1=O. The van der Waals surface area contributed by atoms with Crippen molar-refractivity contribution < 1.29 is 24.2 Å². The van der Waals surface area contributed by atoms with Crippen LogP contribution in [0.4, 0.5) is 0 Å². The van der Waals surface area contributed by atoms with Crippen molar-refractivity contribution in [2.45, 2.75) is 32.9 Å². The van der Waals surface area contributed by atoms with E-state index in [0.717, 1.165) is 4.90 Å². The van der Waals surface area contributed by atoms with E-state index in [1.54, 1.807) is 57.2 Å². The van der Waals surface area contributed by atoms with Gasteiger partial charge in [0.1, 0.15) is 11.4 Å². The average Bonchev–Trinajstić information content (AvgIpc) is 2.85. The quantitative estimate of drug-likeness (QED) is 0.499. The number of esters is 1. The third kappa shape index (κ3) is 4.11. The Morgan fingerprint density at radius 2 is 1.68 bits per heavy atom. The fraction of sp³-hybridized carbons (Fsp3) is 0.227. The normalized spacial score (nSPS) is 13.9. The van der Waals surface area contributed by atoms with Crippen molar-refractivity contribution >= 4 is 23.9 Å². The first-order valence-electron chi connectivity index (χ1n) is 8.84. The molecule has 28 heavy (non-hydrogen) atoms. The summed E-state index contributed by atoms with van der Waals surface area (Å²) in [6, 6.07) is 11.2. The zero-order valence-electron chi connectivity index (χ0n) is 15.9. The van der Waals surface area contributed by atoms with Crippen LogP contribution in [0.15, 0.2) is 48.5 Å². The van der Waals surface area contributed by atoms with Gasteiger partial charge in [-0.15, -0.1) is 0 Å². The highest BCUT2D eigenvalue weighted by atomic mass is 16.6. The lowest BCUT2D eigenvalue weighted by molar-refractivity contribution is -0.148. The molecule has 1 N–H and O–H groups in total. The summed E-state index contributed by atoms with van der Waals surface area (Å²) in [4.78, 5) is 38.2. The molecule has 1 heterocycles. The van der Waals surface area contributed by atoms with Crippen LogP contribution in [0, 0.1) is 0 Å². The van der Waals surface area contributed by atoms with Crippen LogP contribution in [0.5, 0.6) is 5.75 Å². The van der Waals surface area contributed by atoms with Gasteiger partial charge < -0.3 is 9.84 Å². The van der Waals surface area contributed by atoms with Crippen molar-refractivity contribution in [1.82, 2.24) is 4.90 Å². The first kappa shape index (κ1) is 19.4. The molecule has 0 fully saturated rings. The number of fused-ring (bicyclic) bond motifs is 1. The second-order valence-corrected chi connectivity index (χ2v) is 7.49. The van der Waals surface area contributed by atoms with Gasteiger partial charge in [-0.3, -0.25) is 14.5 Å². The standard InChI is InChI=1S/C22H21NO5/c1-22(2,3)28-19(25)11-9-14-8-10-16(24)12-15(14)13-23-20(26)17-6-4-5-7-18(17)21(23)27/h4-12,24H,13H2,1-3H3/b11-9+. The van der Waals surface area contributed by atoms with Gasteiger partial charge in [-0.05, 0) is 62.2 Å². The van der Waals surface area contributed by atoms with Crippen molar-refractivity contribution in [2.75, 3.05) is 0 Å². The Labute approximate surface area is 163 Å². The molecule has 144 valence electrons. The monoisotopic (exact) mass is 379 g/mol. The minimum Gasteiger partial charge on any atom is -0.508 e. The highest BCUT2D eigenvalue weighted by Crippen LogP contribution is 2.27. The molecule has 2 aromatic rings. The van der Waals surface area contributed by atoms with Gasteiger partial charge in [-0.1, -0.05) is 18.2 Å². The van der Waals surface area contributed by atoms with Gasteiger partial charge in [0.15, 0.2) is 0 Å². The third-order valence-electron chi connectivity index (χ3n) is 4.14. The van der Waals surface area contributed by atoms with E-state index >= 15 is 0 Å². The number of carbonyl (C=O) groups excluding carboxylic acids is 3. The van der Waals surface area contributed by atoms with E-state index in [1.807, 2.05) is 0 Å². The molecule has 0 unspecified atom stereocenters. The van der Waals surface area contributed by atoms with Crippen molar-refractivity contribution in [1.29, 1.82) is 0 Å². The number of aromatic hydroxyl groups is 1. The fourth-order valence-corrected chi connectivity index (χ4v) is 2.94. The Balaban J connectivity index is 1.85. The van der Waals surface area contributed by atoms with Crippen molar-refractivity contribution in [3.05, 3.63) is 70.8 Å². The maximum absolute atomic E-state index is 12.6. The lowest BCUT2D eigenvalue weighted by Gasteiger charge is -2.18. The molecule has 0 saturated heterocycles. The van der Waals surface area contributed by atoms with Gasteiger partial charge >= 0.3 is 5.97 Å². The molecule has 2 aromatic carbocycles. The molecular weight excluding hydrogens is 358 g/mol. The topological polar surface area (TPSA) is 83.9 Å². The molecule has 6 nitrogen and oxygen atoms in total. The largest absolute Gasteiger partial charge is 0.508 e. The minimum atomic E-state index is -0.612. The molecule has 0 radical (unpaired) electrons. The molecule has 3 rings (SSSR count). The first-order chi connectivity index (χ1) is 13.2. The summed E-state index contributed by atoms with van der Waals surface area (Å²) in [5, 5.41) is 9.84. The highest BCUT2D eigenvalue weighted by molar-refractivity contribution is 6.21. The van der Waals surface area contributed by atoms with Crippen LogP contribution in [-0.4, -0.2) is 33.4 Å². The summed E-state index contributed by atoms with van der Waals surface area (Å²) < 4.78 is 5.24. The fourth-order valence-electron chi connectivity index (χ4n) is 2.94. The number of ether oxygens (including phenoxy) is 1. The maximum atomic E-state index is 12.6. The lowest BCUT2D eigenvalue weighted by Crippen LogP contribution is -2.29. The number of carbonyl (C=O) groups is 3. The number of nitrogens with zero attached hydrogens (tertiary/aromatic N) is 1. The van der Waals surface area contributed by atoms with Crippen LogP contribution in [0.25, 0.3) is 6.08 Å². The van der Waals surface area contributed by atoms with E-state index in [-0.39, 0.29) is 24.1 Å². The summed E-state index contributed by atoms with van der Waals surface area (Å²) in [5.41, 5.74) is 1.24. The Bertz CT molecular complexity index is 950. The Morgan fingerprint density at radius 3 is 2.25 bits per heavy atom. The summed E-state index contributed by atoms with van der Waals surface area (Å²) in [6.07, 6.45) is 2.82. The Kier molecular flexibility index (Phi) is 5.05. The summed E-state index contributed by atoms with van der Waals surface area (Å²) in [5.74, 6) is -1.27. The van der Waals surface area contributed by atoms with Gasteiger partial charge in [0.05, 0.1) is 17.7 Å². The number of imide groups is 1. The van der Waals surface area contributed by atoms with E-state index in [1.165, 1.54) is 18.2 Å². The first-order valence-corrected chi connectivity index (χ1v) is 8.84. The van der Waals surface area contributed by atoms with Gasteiger partial charge in [0.25, 0.3) is 11.8 Å². The molecule has 0 atom stereocenters. The molecule has 0 saturated carbocycles. The predicted octanol–water partition coefficient (Wildman–Crippen LogP) is 3.54. The van der Waals surface area contributed by atoms with Gasteiger partial charge in [0.2, 0.25) is 0 Å². The number of hydrogen-bond donors (Lipinski definition) is 1. The molecule has 0 aliphatic carbocycles. The van der Waals surface area contributed by atoms with E-state index < -0.39 is 11.6 Å². The van der Waals surface area contributed by atoms with E-state index in [2.05, 4.69) is 0 Å². The summed E-state index contributed by atoms with van der Waals surface area (Å²) in [7, 11) is 0. The smallest absolute Gasteiger partial charge is 0.331 e. The third-order valence-corrected chi connectivity index (χ3v) is 4.14. The summed E-state index contributed by atoms with van der Waals surface area (Å²) >= 11 is 0. The zero-order valence-corrected chi connectivity index (χ0v) is 15.9. The second-order valence-electron chi connectivity index (χ2n) is 7.49. The van der Waals surface area contributed by atoms with Crippen molar-refractivity contribution in [3.8, 4) is 5.75 Å². The van der Waals surface area contributed by atoms with E-state index in [9.17, 15) is 19.5 Å². The molecule has 0 bridgehead atoms. The molecule has 0 spiro atoms. The lowest BCUT2D eigenvalue weighted by atomic mass is 10.1. The number of benzene rings is 2. The molecule has 1 aliphatic rings. The number of amides is 2. The number of phenolic OH excluding ortho intramolecular Hbond substituents is 1. The van der Waals surface area contributed by atoms with Gasteiger partial charge in [-0.2, -0.15) is 0 Å². The summed E-state index contributed by atoms with van der Waals surface area (Å²) in [6.45, 7) is 5.29. The maximum Gasteiger partial charge on any atom is 0.331 e. The van der Waals surface area contributed by atoms with E-state index in [4.69, 9.17) is 4.74 Å². The van der Waals surface area contributed by atoms with Gasteiger partial charge in [0, 0.05) is 6.08 Å². The highest BCUT2D eigenvalue weighted by Gasteiger charge is 2.35. The van der Waals surface area contributed by atoms with Crippen LogP contribution in [0.1, 0.15) is 52.6 Å². The van der Waals surface area contributed by atoms with Crippen LogP contribution < -0.4 is 0 Å². The Hall–Kier alpha value is -3.41. The predicted molar refractivity (Wildman–Crippen MR) is 104 cm³/mol. The Morgan fingerprint density at radius 1 is 1.07 bits per heavy atom. The minimum absolute atomic E-state index is 0.000951. The molecule has 0 aromatic heterocycles. The van der Waals surface area contributed by atoms with Crippen LogP contribution >= 0.6 is 0 Å².